The third kappa shape index (κ3) is 4.04. The molecule has 1 fully saturated rings. The number of fused-ring (bicyclic) bond motifs is 1. The molecule has 2 heterocycles. The molecule has 4 rings (SSSR count). The van der Waals surface area contributed by atoms with Crippen LogP contribution in [-0.4, -0.2) is 34.6 Å². The number of rotatable bonds is 4. The minimum absolute atomic E-state index is 0.0611. The van der Waals surface area contributed by atoms with E-state index in [4.69, 9.17) is 10.1 Å². The first-order valence-corrected chi connectivity index (χ1v) is 10.2. The summed E-state index contributed by atoms with van der Waals surface area (Å²) < 4.78 is 0. The van der Waals surface area contributed by atoms with Gasteiger partial charge in [0, 0.05) is 41.6 Å². The number of thiazole rings is 1. The fourth-order valence-corrected chi connectivity index (χ4v) is 4.85. The number of aromatic nitrogens is 1. The zero-order valence-corrected chi connectivity index (χ0v) is 15.8. The van der Waals surface area contributed by atoms with Crippen molar-refractivity contribution in [3.63, 3.8) is 0 Å². The molecule has 27 heavy (non-hydrogen) atoms. The van der Waals surface area contributed by atoms with Gasteiger partial charge in [-0.2, -0.15) is 0 Å². The summed E-state index contributed by atoms with van der Waals surface area (Å²) in [6.45, 7) is 1.86. The van der Waals surface area contributed by atoms with Gasteiger partial charge in [0.05, 0.1) is 11.6 Å². The maximum Gasteiger partial charge on any atom is 0.306 e. The van der Waals surface area contributed by atoms with Crippen LogP contribution in [0.3, 0.4) is 0 Å². The number of hydrogen-bond acceptors (Lipinski definition) is 5. The van der Waals surface area contributed by atoms with E-state index in [1.165, 1.54) is 10.6 Å². The number of carbonyl (C=O) groups excluding carboxylic acids is 1. The predicted octanol–water partition coefficient (Wildman–Crippen LogP) is 2.83. The van der Waals surface area contributed by atoms with Crippen molar-refractivity contribution in [2.75, 3.05) is 6.54 Å². The molecule has 0 radical (unpaired) electrons. The monoisotopic (exact) mass is 385 g/mol. The maximum absolute atomic E-state index is 12.5. The van der Waals surface area contributed by atoms with E-state index in [1.54, 1.807) is 11.3 Å². The molecule has 0 unspecified atom stereocenters. The number of carboxylic acids is 1. The molecular formula is C20H23N3O3S. The first-order valence-electron chi connectivity index (χ1n) is 9.43. The lowest BCUT2D eigenvalue weighted by atomic mass is 9.86. The minimum Gasteiger partial charge on any atom is -0.481 e. The van der Waals surface area contributed by atoms with Crippen molar-refractivity contribution in [3.8, 4) is 10.6 Å². The van der Waals surface area contributed by atoms with Gasteiger partial charge in [0.2, 0.25) is 0 Å². The second-order valence-electron chi connectivity index (χ2n) is 7.25. The first-order chi connectivity index (χ1) is 13.1. The van der Waals surface area contributed by atoms with Crippen molar-refractivity contribution < 1.29 is 14.7 Å². The standard InChI is InChI=1S/C20H23N3O3S/c24-18(22-15-7-5-14(6-8-15)20(25)26)12-1-3-13(4-2-12)19-23-16-9-10-21-11-17(16)27-19/h1-4,14-15,21H,5-11H2,(H,22,24)(H,25,26)/t14-,15-. The Morgan fingerprint density at radius 3 is 2.56 bits per heavy atom. The Kier molecular flexibility index (Phi) is 5.22. The molecule has 2 aliphatic rings. The van der Waals surface area contributed by atoms with Gasteiger partial charge >= 0.3 is 5.97 Å². The van der Waals surface area contributed by atoms with E-state index in [0.717, 1.165) is 42.9 Å². The summed E-state index contributed by atoms with van der Waals surface area (Å²) >= 11 is 1.71. The molecule has 3 N–H and O–H groups in total. The Balaban J connectivity index is 1.38. The van der Waals surface area contributed by atoms with Crippen molar-refractivity contribution >= 4 is 23.2 Å². The van der Waals surface area contributed by atoms with Crippen LogP contribution in [0.5, 0.6) is 0 Å². The van der Waals surface area contributed by atoms with Gasteiger partial charge in [0.25, 0.3) is 5.91 Å². The molecule has 1 saturated carbocycles. The second-order valence-corrected chi connectivity index (χ2v) is 8.34. The number of nitrogens with one attached hydrogen (secondary N) is 2. The van der Waals surface area contributed by atoms with Crippen LogP contribution in [0.1, 0.15) is 46.6 Å². The molecule has 0 saturated heterocycles. The molecule has 1 amide bonds. The number of amides is 1. The van der Waals surface area contributed by atoms with Crippen LogP contribution in [0.15, 0.2) is 24.3 Å². The summed E-state index contributed by atoms with van der Waals surface area (Å²) in [6.07, 6.45) is 3.67. The molecule has 0 spiro atoms. The van der Waals surface area contributed by atoms with Gasteiger partial charge in [-0.1, -0.05) is 12.1 Å². The lowest BCUT2D eigenvalue weighted by Crippen LogP contribution is -2.38. The molecule has 2 aromatic rings. The van der Waals surface area contributed by atoms with Crippen molar-refractivity contribution in [3.05, 3.63) is 40.4 Å². The topological polar surface area (TPSA) is 91.3 Å². The van der Waals surface area contributed by atoms with Gasteiger partial charge in [0.15, 0.2) is 0 Å². The number of benzene rings is 1. The summed E-state index contributed by atoms with van der Waals surface area (Å²) in [5.41, 5.74) is 2.85. The average molecular weight is 385 g/mol. The maximum atomic E-state index is 12.5. The Bertz CT molecular complexity index is 815. The normalized spacial score (nSPS) is 22.1. The van der Waals surface area contributed by atoms with Gasteiger partial charge in [-0.05, 0) is 37.8 Å². The Morgan fingerprint density at radius 1 is 1.15 bits per heavy atom. The van der Waals surface area contributed by atoms with E-state index in [-0.39, 0.29) is 17.9 Å². The average Bonchev–Trinajstić information content (AvgIpc) is 3.13. The number of hydrogen-bond donors (Lipinski definition) is 3. The van der Waals surface area contributed by atoms with Crippen molar-refractivity contribution in [2.45, 2.75) is 44.7 Å². The van der Waals surface area contributed by atoms with Gasteiger partial charge < -0.3 is 15.7 Å². The summed E-state index contributed by atoms with van der Waals surface area (Å²) in [5, 5.41) is 16.5. The third-order valence-electron chi connectivity index (χ3n) is 5.41. The molecule has 1 aromatic carbocycles. The van der Waals surface area contributed by atoms with E-state index in [9.17, 15) is 9.59 Å². The van der Waals surface area contributed by atoms with Gasteiger partial charge in [-0.15, -0.1) is 11.3 Å². The van der Waals surface area contributed by atoms with E-state index < -0.39 is 5.97 Å². The fourth-order valence-electron chi connectivity index (χ4n) is 3.77. The smallest absolute Gasteiger partial charge is 0.306 e. The summed E-state index contributed by atoms with van der Waals surface area (Å²) in [5.74, 6) is -1.09. The van der Waals surface area contributed by atoms with Gasteiger partial charge in [0.1, 0.15) is 5.01 Å². The zero-order chi connectivity index (χ0) is 18.8. The van der Waals surface area contributed by atoms with Crippen LogP contribution in [0.2, 0.25) is 0 Å². The molecule has 0 bridgehead atoms. The van der Waals surface area contributed by atoms with E-state index in [1.807, 2.05) is 24.3 Å². The van der Waals surface area contributed by atoms with Gasteiger partial charge in [-0.25, -0.2) is 4.98 Å². The highest BCUT2D eigenvalue weighted by atomic mass is 32.1. The third-order valence-corrected chi connectivity index (χ3v) is 6.55. The van der Waals surface area contributed by atoms with E-state index in [2.05, 4.69) is 10.6 Å². The van der Waals surface area contributed by atoms with Crippen LogP contribution >= 0.6 is 11.3 Å². The molecule has 142 valence electrons. The molecule has 1 aliphatic heterocycles. The number of carboxylic acid groups (broad SMARTS) is 1. The van der Waals surface area contributed by atoms with Crippen LogP contribution < -0.4 is 10.6 Å². The van der Waals surface area contributed by atoms with Crippen LogP contribution in [-0.2, 0) is 17.8 Å². The van der Waals surface area contributed by atoms with Crippen LogP contribution in [0.25, 0.3) is 10.6 Å². The Morgan fingerprint density at radius 2 is 1.89 bits per heavy atom. The number of aliphatic carboxylic acids is 1. The fraction of sp³-hybridized carbons (Fsp3) is 0.450. The van der Waals surface area contributed by atoms with Gasteiger partial charge in [-0.3, -0.25) is 9.59 Å². The van der Waals surface area contributed by atoms with Crippen molar-refractivity contribution in [1.82, 2.24) is 15.6 Å². The lowest BCUT2D eigenvalue weighted by Gasteiger charge is -2.26. The number of carbonyl (C=O) groups is 2. The summed E-state index contributed by atoms with van der Waals surface area (Å²) in [7, 11) is 0. The largest absolute Gasteiger partial charge is 0.481 e. The second kappa shape index (κ2) is 7.78. The summed E-state index contributed by atoms with van der Waals surface area (Å²) in [6, 6.07) is 7.64. The van der Waals surface area contributed by atoms with Crippen LogP contribution in [0, 0.1) is 5.92 Å². The SMILES string of the molecule is O=C(N[C@H]1CC[C@H](C(=O)O)CC1)c1ccc(-c2nc3c(s2)CNCC3)cc1. The Hall–Kier alpha value is -2.25. The van der Waals surface area contributed by atoms with Crippen LogP contribution in [0.4, 0.5) is 0 Å². The highest BCUT2D eigenvalue weighted by molar-refractivity contribution is 7.15. The molecule has 1 aromatic heterocycles. The summed E-state index contributed by atoms with van der Waals surface area (Å²) in [4.78, 5) is 29.6. The number of nitrogens with zero attached hydrogens (tertiary/aromatic N) is 1. The highest BCUT2D eigenvalue weighted by Gasteiger charge is 2.27. The quantitative estimate of drug-likeness (QED) is 0.753. The first kappa shape index (κ1) is 18.1. The van der Waals surface area contributed by atoms with E-state index >= 15 is 0 Å². The molecule has 7 heteroatoms. The molecule has 6 nitrogen and oxygen atoms in total. The van der Waals surface area contributed by atoms with Crippen molar-refractivity contribution in [2.24, 2.45) is 5.92 Å². The molecular weight excluding hydrogens is 362 g/mol. The Labute approximate surface area is 162 Å². The zero-order valence-electron chi connectivity index (χ0n) is 15.0. The minimum atomic E-state index is -0.727. The van der Waals surface area contributed by atoms with E-state index in [0.29, 0.717) is 18.4 Å². The molecule has 1 aliphatic carbocycles. The highest BCUT2D eigenvalue weighted by Crippen LogP contribution is 2.30. The van der Waals surface area contributed by atoms with Crippen molar-refractivity contribution in [1.29, 1.82) is 0 Å². The molecule has 0 atom stereocenters. The predicted molar refractivity (Wildman–Crippen MR) is 104 cm³/mol. The lowest BCUT2D eigenvalue weighted by molar-refractivity contribution is -0.142.